The number of carboxylic acids is 1. The van der Waals surface area contributed by atoms with Crippen molar-refractivity contribution in [3.8, 4) is 0 Å². The van der Waals surface area contributed by atoms with Crippen LogP contribution in [-0.2, 0) is 4.79 Å². The number of alkyl halides is 1. The van der Waals surface area contributed by atoms with Gasteiger partial charge in [-0.3, -0.25) is 4.79 Å². The second-order valence-electron chi connectivity index (χ2n) is 1.69. The molecule has 0 aromatic carbocycles. The molecule has 0 spiro atoms. The largest absolute Gasteiger partial charge is 0.480 e. The third kappa shape index (κ3) is 6.92. The second kappa shape index (κ2) is 5.79. The van der Waals surface area contributed by atoms with Crippen LogP contribution in [0.2, 0.25) is 0 Å². The zero-order valence-corrected chi connectivity index (χ0v) is 6.52. The quantitative estimate of drug-likeness (QED) is 0.516. The van der Waals surface area contributed by atoms with Gasteiger partial charge in [0.25, 0.3) is 0 Å². The normalized spacial score (nSPS) is 8.82. The lowest BCUT2D eigenvalue weighted by molar-refractivity contribution is -0.135. The number of hydrogen-bond acceptors (Lipinski definition) is 2. The van der Waals surface area contributed by atoms with Gasteiger partial charge >= 0.3 is 12.0 Å². The van der Waals surface area contributed by atoms with E-state index in [1.807, 2.05) is 0 Å². The highest BCUT2D eigenvalue weighted by molar-refractivity contribution is 6.18. The summed E-state index contributed by atoms with van der Waals surface area (Å²) in [5.41, 5.74) is 0. The highest BCUT2D eigenvalue weighted by Crippen LogP contribution is 1.70. The summed E-state index contributed by atoms with van der Waals surface area (Å²) in [5, 5.41) is 12.6. The highest BCUT2D eigenvalue weighted by Gasteiger charge is 2.00. The molecular weight excluding hydrogens is 172 g/mol. The molecule has 5 nitrogen and oxygen atoms in total. The van der Waals surface area contributed by atoms with E-state index in [-0.39, 0.29) is 6.54 Å². The number of nitrogens with one attached hydrogen (secondary N) is 2. The fourth-order valence-corrected chi connectivity index (χ4v) is 0.474. The number of halogens is 1. The molecule has 0 saturated heterocycles. The SMILES string of the molecule is O=C(O)CNC(=O)NCCCl. The molecule has 0 radical (unpaired) electrons. The Kier molecular flexibility index (Phi) is 5.28. The maximum absolute atomic E-state index is 10.6. The lowest BCUT2D eigenvalue weighted by atomic mass is 10.6. The highest BCUT2D eigenvalue weighted by atomic mass is 35.5. The fourth-order valence-electron chi connectivity index (χ4n) is 0.379. The summed E-state index contributed by atoms with van der Waals surface area (Å²) in [6.07, 6.45) is 0. The topological polar surface area (TPSA) is 78.4 Å². The van der Waals surface area contributed by atoms with Crippen LogP contribution >= 0.6 is 11.6 Å². The number of hydrogen-bond donors (Lipinski definition) is 3. The molecule has 3 N–H and O–H groups in total. The lowest BCUT2D eigenvalue weighted by Gasteiger charge is -2.02. The molecule has 64 valence electrons. The molecule has 0 aliphatic carbocycles. The number of carboxylic acid groups (broad SMARTS) is 1. The molecule has 0 aromatic heterocycles. The molecule has 0 aliphatic heterocycles. The van der Waals surface area contributed by atoms with E-state index < -0.39 is 12.0 Å². The number of urea groups is 1. The Morgan fingerprint density at radius 3 is 2.45 bits per heavy atom. The smallest absolute Gasteiger partial charge is 0.323 e. The molecular formula is C5H9ClN2O3. The Morgan fingerprint density at radius 1 is 1.36 bits per heavy atom. The van der Waals surface area contributed by atoms with Gasteiger partial charge in [0.1, 0.15) is 6.54 Å². The van der Waals surface area contributed by atoms with Crippen molar-refractivity contribution in [3.63, 3.8) is 0 Å². The molecule has 0 heterocycles. The molecule has 0 aromatic rings. The molecule has 0 bridgehead atoms. The van der Waals surface area contributed by atoms with Gasteiger partial charge in [0, 0.05) is 12.4 Å². The minimum absolute atomic E-state index is 0.306. The van der Waals surface area contributed by atoms with Gasteiger partial charge in [0.05, 0.1) is 0 Å². The van der Waals surface area contributed by atoms with Crippen LogP contribution in [0.4, 0.5) is 4.79 Å². The maximum atomic E-state index is 10.6. The first-order chi connectivity index (χ1) is 5.16. The van der Waals surface area contributed by atoms with Crippen molar-refractivity contribution < 1.29 is 14.7 Å². The van der Waals surface area contributed by atoms with E-state index in [2.05, 4.69) is 10.6 Å². The van der Waals surface area contributed by atoms with Gasteiger partial charge in [-0.05, 0) is 0 Å². The van der Waals surface area contributed by atoms with Crippen molar-refractivity contribution in [2.75, 3.05) is 19.0 Å². The Morgan fingerprint density at radius 2 is 2.00 bits per heavy atom. The van der Waals surface area contributed by atoms with E-state index >= 15 is 0 Å². The van der Waals surface area contributed by atoms with E-state index in [0.717, 1.165) is 0 Å². The third-order valence-corrected chi connectivity index (χ3v) is 0.969. The predicted molar refractivity (Wildman–Crippen MR) is 39.8 cm³/mol. The van der Waals surface area contributed by atoms with E-state index in [1.54, 1.807) is 0 Å². The number of carbonyl (C=O) groups is 2. The first kappa shape index (κ1) is 10.0. The van der Waals surface area contributed by atoms with Crippen LogP contribution in [0.3, 0.4) is 0 Å². The second-order valence-corrected chi connectivity index (χ2v) is 2.07. The Bertz CT molecular complexity index is 151. The van der Waals surface area contributed by atoms with Crippen molar-refractivity contribution >= 4 is 23.6 Å². The molecule has 0 aliphatic rings. The molecule has 0 saturated carbocycles. The van der Waals surface area contributed by atoms with Crippen LogP contribution in [0, 0.1) is 0 Å². The lowest BCUT2D eigenvalue weighted by Crippen LogP contribution is -2.39. The van der Waals surface area contributed by atoms with Crippen molar-refractivity contribution in [1.82, 2.24) is 10.6 Å². The molecule has 0 fully saturated rings. The zero-order valence-electron chi connectivity index (χ0n) is 5.76. The van der Waals surface area contributed by atoms with E-state index in [1.165, 1.54) is 0 Å². The van der Waals surface area contributed by atoms with Gasteiger partial charge in [-0.25, -0.2) is 4.79 Å². The van der Waals surface area contributed by atoms with Crippen LogP contribution < -0.4 is 10.6 Å². The van der Waals surface area contributed by atoms with Crippen LogP contribution in [-0.4, -0.2) is 36.1 Å². The van der Waals surface area contributed by atoms with Gasteiger partial charge in [0.2, 0.25) is 0 Å². The van der Waals surface area contributed by atoms with E-state index in [9.17, 15) is 9.59 Å². The summed E-state index contributed by atoms with van der Waals surface area (Å²) in [6.45, 7) is -0.0544. The summed E-state index contributed by atoms with van der Waals surface area (Å²) in [6, 6.07) is -0.520. The van der Waals surface area contributed by atoms with E-state index in [0.29, 0.717) is 12.4 Å². The average molecular weight is 181 g/mol. The van der Waals surface area contributed by atoms with Crippen LogP contribution in [0.25, 0.3) is 0 Å². The van der Waals surface area contributed by atoms with Crippen LogP contribution in [0.5, 0.6) is 0 Å². The molecule has 0 rings (SSSR count). The Balaban J connectivity index is 3.30. The minimum Gasteiger partial charge on any atom is -0.480 e. The Hall–Kier alpha value is -0.970. The number of rotatable bonds is 4. The molecule has 2 amide bonds. The van der Waals surface area contributed by atoms with E-state index in [4.69, 9.17) is 16.7 Å². The molecule has 11 heavy (non-hydrogen) atoms. The van der Waals surface area contributed by atoms with Crippen molar-refractivity contribution in [2.24, 2.45) is 0 Å². The number of amides is 2. The molecule has 0 unspecified atom stereocenters. The van der Waals surface area contributed by atoms with Gasteiger partial charge < -0.3 is 15.7 Å². The first-order valence-corrected chi connectivity index (χ1v) is 3.49. The third-order valence-electron chi connectivity index (χ3n) is 0.780. The monoisotopic (exact) mass is 180 g/mol. The fraction of sp³-hybridized carbons (Fsp3) is 0.600. The van der Waals surface area contributed by atoms with Crippen LogP contribution in [0.15, 0.2) is 0 Å². The van der Waals surface area contributed by atoms with Gasteiger partial charge in [-0.15, -0.1) is 11.6 Å². The van der Waals surface area contributed by atoms with Crippen molar-refractivity contribution in [2.45, 2.75) is 0 Å². The minimum atomic E-state index is -1.08. The standard InChI is InChI=1S/C5H9ClN2O3/c6-1-2-7-5(11)8-3-4(9)10/h1-3H2,(H,9,10)(H2,7,8,11). The predicted octanol–water partition coefficient (Wildman–Crippen LogP) is -0.391. The molecule has 6 heteroatoms. The molecule has 0 atom stereocenters. The van der Waals surface area contributed by atoms with Crippen LogP contribution in [0.1, 0.15) is 0 Å². The summed E-state index contributed by atoms with van der Waals surface area (Å²) in [5.74, 6) is -0.772. The zero-order chi connectivity index (χ0) is 8.69. The summed E-state index contributed by atoms with van der Waals surface area (Å²) in [4.78, 5) is 20.5. The van der Waals surface area contributed by atoms with Crippen molar-refractivity contribution in [3.05, 3.63) is 0 Å². The van der Waals surface area contributed by atoms with Gasteiger partial charge in [0.15, 0.2) is 0 Å². The summed E-state index contributed by atoms with van der Waals surface area (Å²) in [7, 11) is 0. The van der Waals surface area contributed by atoms with Gasteiger partial charge in [-0.1, -0.05) is 0 Å². The summed E-state index contributed by atoms with van der Waals surface area (Å²) < 4.78 is 0. The van der Waals surface area contributed by atoms with Crippen molar-refractivity contribution in [1.29, 1.82) is 0 Å². The maximum Gasteiger partial charge on any atom is 0.323 e. The summed E-state index contributed by atoms with van der Waals surface area (Å²) >= 11 is 5.25. The number of aliphatic carboxylic acids is 1. The number of carbonyl (C=O) groups excluding carboxylic acids is 1. The average Bonchev–Trinajstić information content (AvgIpc) is 1.97. The first-order valence-electron chi connectivity index (χ1n) is 2.96. The van der Waals surface area contributed by atoms with Gasteiger partial charge in [-0.2, -0.15) is 0 Å². The Labute approximate surface area is 68.7 Å².